The predicted molar refractivity (Wildman–Crippen MR) is 105 cm³/mol. The van der Waals surface area contributed by atoms with Gasteiger partial charge in [-0.3, -0.25) is 9.59 Å². The van der Waals surface area contributed by atoms with Crippen LogP contribution in [0.25, 0.3) is 0 Å². The molecule has 1 aliphatic heterocycles. The van der Waals surface area contributed by atoms with Crippen molar-refractivity contribution in [2.75, 3.05) is 25.1 Å². The van der Waals surface area contributed by atoms with Crippen LogP contribution in [0.2, 0.25) is 5.15 Å². The van der Waals surface area contributed by atoms with Crippen LogP contribution in [0, 0.1) is 0 Å². The van der Waals surface area contributed by atoms with Crippen LogP contribution >= 0.6 is 11.6 Å². The van der Waals surface area contributed by atoms with Gasteiger partial charge in [-0.2, -0.15) is 5.10 Å². The zero-order valence-electron chi connectivity index (χ0n) is 15.9. The number of anilines is 2. The molecule has 1 saturated heterocycles. The number of morpholine rings is 1. The molecule has 2 aromatic heterocycles. The summed E-state index contributed by atoms with van der Waals surface area (Å²) >= 11 is 5.86. The summed E-state index contributed by atoms with van der Waals surface area (Å²) in [5.74, 6) is 0.351. The summed E-state index contributed by atoms with van der Waals surface area (Å²) in [6.07, 6.45) is 1.49. The van der Waals surface area contributed by atoms with E-state index in [2.05, 4.69) is 15.4 Å². The van der Waals surface area contributed by atoms with Crippen molar-refractivity contribution in [3.05, 3.63) is 45.5 Å². The highest BCUT2D eigenvalue weighted by Crippen LogP contribution is 2.16. The minimum absolute atomic E-state index is 0.0287. The van der Waals surface area contributed by atoms with E-state index in [9.17, 15) is 9.59 Å². The van der Waals surface area contributed by atoms with E-state index in [-0.39, 0.29) is 28.3 Å². The normalized spacial score (nSPS) is 16.3. The van der Waals surface area contributed by atoms with Gasteiger partial charge < -0.3 is 15.0 Å². The van der Waals surface area contributed by atoms with Crippen LogP contribution in [-0.2, 0) is 11.8 Å². The zero-order valence-corrected chi connectivity index (χ0v) is 16.7. The van der Waals surface area contributed by atoms with E-state index in [4.69, 9.17) is 16.3 Å². The number of pyridine rings is 1. The number of nitrogens with zero attached hydrogens (tertiary/aromatic N) is 4. The molecule has 3 rings (SSSR count). The second-order valence-corrected chi connectivity index (χ2v) is 6.18. The van der Waals surface area contributed by atoms with Gasteiger partial charge in [0.15, 0.2) is 5.15 Å². The molecule has 146 valence electrons. The average Bonchev–Trinajstić information content (AvgIpc) is 2.68. The first kappa shape index (κ1) is 20.9. The number of hydrogen-bond acceptors (Lipinski definition) is 6. The van der Waals surface area contributed by atoms with Crippen LogP contribution in [0.15, 0.2) is 29.2 Å². The van der Waals surface area contributed by atoms with Gasteiger partial charge in [0.1, 0.15) is 11.5 Å². The third-order valence-electron chi connectivity index (χ3n) is 3.93. The van der Waals surface area contributed by atoms with Gasteiger partial charge in [0.05, 0.1) is 24.8 Å². The van der Waals surface area contributed by atoms with Gasteiger partial charge in [0.2, 0.25) is 0 Å². The lowest BCUT2D eigenvalue weighted by atomic mass is 10.2. The first-order chi connectivity index (χ1) is 13.0. The smallest absolute Gasteiger partial charge is 0.290 e. The highest BCUT2D eigenvalue weighted by Gasteiger charge is 2.24. The van der Waals surface area contributed by atoms with E-state index < -0.39 is 0 Å². The van der Waals surface area contributed by atoms with Crippen LogP contribution < -0.4 is 10.9 Å². The van der Waals surface area contributed by atoms with Crippen LogP contribution in [0.3, 0.4) is 0 Å². The number of aryl methyl sites for hydroxylation is 1. The topological polar surface area (TPSA) is 89.4 Å². The Morgan fingerprint density at radius 1 is 1.37 bits per heavy atom. The van der Waals surface area contributed by atoms with Gasteiger partial charge in [-0.15, -0.1) is 0 Å². The minimum Gasteiger partial charge on any atom is -0.377 e. The molecule has 2 aromatic rings. The number of hydrogen-bond donors (Lipinski definition) is 1. The molecule has 1 amide bonds. The number of nitrogens with one attached hydrogen (secondary N) is 1. The minimum atomic E-state index is -0.325. The molecule has 1 atom stereocenters. The number of carbonyl (C=O) groups excluding carboxylic acids is 1. The van der Waals surface area contributed by atoms with E-state index in [0.29, 0.717) is 31.1 Å². The van der Waals surface area contributed by atoms with E-state index in [1.807, 2.05) is 20.8 Å². The third kappa shape index (κ3) is 5.05. The Labute approximate surface area is 163 Å². The number of rotatable bonds is 3. The number of ether oxygens (including phenoxy) is 1. The fourth-order valence-electron chi connectivity index (χ4n) is 2.59. The summed E-state index contributed by atoms with van der Waals surface area (Å²) in [4.78, 5) is 30.6. The van der Waals surface area contributed by atoms with E-state index in [1.165, 1.54) is 19.3 Å². The first-order valence-corrected chi connectivity index (χ1v) is 9.19. The van der Waals surface area contributed by atoms with Crippen molar-refractivity contribution in [2.24, 2.45) is 7.05 Å². The number of carbonyl (C=O) groups is 1. The SMILES string of the molecule is CC.CC1COCCN1C(=O)c1ccc(Nc2cc(Cl)nn(C)c2=O)nc1. The Morgan fingerprint density at radius 2 is 2.11 bits per heavy atom. The molecule has 1 unspecified atom stereocenters. The van der Waals surface area contributed by atoms with Crippen molar-refractivity contribution < 1.29 is 9.53 Å². The van der Waals surface area contributed by atoms with Crippen molar-refractivity contribution >= 4 is 29.0 Å². The van der Waals surface area contributed by atoms with Gasteiger partial charge in [-0.25, -0.2) is 9.67 Å². The monoisotopic (exact) mass is 393 g/mol. The molecular formula is C18H24ClN5O3. The number of halogens is 1. The van der Waals surface area contributed by atoms with Crippen LogP contribution in [0.5, 0.6) is 0 Å². The molecule has 0 radical (unpaired) electrons. The van der Waals surface area contributed by atoms with Crippen LogP contribution in [-0.4, -0.2) is 51.4 Å². The molecule has 3 heterocycles. The fraction of sp³-hybridized carbons (Fsp3) is 0.444. The van der Waals surface area contributed by atoms with Crippen LogP contribution in [0.4, 0.5) is 11.5 Å². The van der Waals surface area contributed by atoms with Crippen molar-refractivity contribution in [3.63, 3.8) is 0 Å². The number of aromatic nitrogens is 3. The van der Waals surface area contributed by atoms with Crippen molar-refractivity contribution in [2.45, 2.75) is 26.8 Å². The summed E-state index contributed by atoms with van der Waals surface area (Å²) < 4.78 is 6.49. The maximum absolute atomic E-state index is 12.6. The molecule has 1 aliphatic rings. The van der Waals surface area contributed by atoms with Crippen molar-refractivity contribution in [3.8, 4) is 0 Å². The third-order valence-corrected chi connectivity index (χ3v) is 4.12. The van der Waals surface area contributed by atoms with Gasteiger partial charge in [0, 0.05) is 25.9 Å². The summed E-state index contributed by atoms with van der Waals surface area (Å²) in [6, 6.07) is 4.78. The standard InChI is InChI=1S/C16H18ClN5O3.C2H6/c1-10-9-25-6-5-22(10)15(23)11-3-4-14(18-8-11)19-12-7-13(17)20-21(2)16(12)24;1-2/h3-4,7-8,10H,5-6,9H2,1-2H3,(H,18,19);1-2H3. The second kappa shape index (κ2) is 9.48. The lowest BCUT2D eigenvalue weighted by Gasteiger charge is -2.33. The van der Waals surface area contributed by atoms with Crippen molar-refractivity contribution in [1.82, 2.24) is 19.7 Å². The Balaban J connectivity index is 0.00000126. The molecular weight excluding hydrogens is 370 g/mol. The molecule has 1 N–H and O–H groups in total. The van der Waals surface area contributed by atoms with Gasteiger partial charge in [0.25, 0.3) is 11.5 Å². The molecule has 9 heteroatoms. The zero-order chi connectivity index (χ0) is 20.0. The second-order valence-electron chi connectivity index (χ2n) is 5.79. The van der Waals surface area contributed by atoms with Crippen LogP contribution in [0.1, 0.15) is 31.1 Å². The van der Waals surface area contributed by atoms with E-state index >= 15 is 0 Å². The Hall–Kier alpha value is -2.45. The van der Waals surface area contributed by atoms with Gasteiger partial charge >= 0.3 is 0 Å². The molecule has 27 heavy (non-hydrogen) atoms. The molecule has 8 nitrogen and oxygen atoms in total. The first-order valence-electron chi connectivity index (χ1n) is 8.81. The fourth-order valence-corrected chi connectivity index (χ4v) is 2.81. The van der Waals surface area contributed by atoms with E-state index in [0.717, 1.165) is 4.68 Å². The molecule has 0 saturated carbocycles. The van der Waals surface area contributed by atoms with Gasteiger partial charge in [-0.05, 0) is 19.1 Å². The molecule has 0 aromatic carbocycles. The lowest BCUT2D eigenvalue weighted by molar-refractivity contribution is 0.00357. The lowest BCUT2D eigenvalue weighted by Crippen LogP contribution is -2.47. The highest BCUT2D eigenvalue weighted by molar-refractivity contribution is 6.29. The summed E-state index contributed by atoms with van der Waals surface area (Å²) in [5, 5.41) is 6.91. The Kier molecular flexibility index (Phi) is 7.32. The average molecular weight is 394 g/mol. The van der Waals surface area contributed by atoms with Crippen molar-refractivity contribution in [1.29, 1.82) is 0 Å². The summed E-state index contributed by atoms with van der Waals surface area (Å²) in [6.45, 7) is 7.58. The number of amides is 1. The highest BCUT2D eigenvalue weighted by atomic mass is 35.5. The largest absolute Gasteiger partial charge is 0.377 e. The molecule has 1 fully saturated rings. The quantitative estimate of drug-likeness (QED) is 0.861. The van der Waals surface area contributed by atoms with E-state index in [1.54, 1.807) is 17.0 Å². The Bertz CT molecular complexity index is 838. The maximum atomic E-state index is 12.6. The molecule has 0 aliphatic carbocycles. The molecule has 0 bridgehead atoms. The summed E-state index contributed by atoms with van der Waals surface area (Å²) in [7, 11) is 1.51. The maximum Gasteiger partial charge on any atom is 0.290 e. The summed E-state index contributed by atoms with van der Waals surface area (Å²) in [5.41, 5.74) is 0.421. The molecule has 0 spiro atoms. The Morgan fingerprint density at radius 3 is 2.74 bits per heavy atom. The predicted octanol–water partition coefficient (Wildman–Crippen LogP) is 2.46. The van der Waals surface area contributed by atoms with Gasteiger partial charge in [-0.1, -0.05) is 25.4 Å².